The lowest BCUT2D eigenvalue weighted by atomic mass is 10.0. The number of nitrogens with two attached hydrogens (primary N) is 1. The van der Waals surface area contributed by atoms with E-state index in [-0.39, 0.29) is 36.5 Å². The summed E-state index contributed by atoms with van der Waals surface area (Å²) in [6, 6.07) is 9.92. The van der Waals surface area contributed by atoms with Gasteiger partial charge in [0.25, 0.3) is 5.92 Å². The summed E-state index contributed by atoms with van der Waals surface area (Å²) >= 11 is 0. The molecule has 1 fully saturated rings. The molecule has 0 radical (unpaired) electrons. The Morgan fingerprint density at radius 1 is 1.00 bits per heavy atom. The van der Waals surface area contributed by atoms with Gasteiger partial charge in [-0.15, -0.1) is 13.2 Å². The van der Waals surface area contributed by atoms with Crippen LogP contribution in [0.4, 0.5) is 27.8 Å². The van der Waals surface area contributed by atoms with Gasteiger partial charge in [0.05, 0.1) is 22.8 Å². The number of carbonyl (C=O) groups is 1. The minimum Gasteiger partial charge on any atom is -0.480 e. The molecule has 0 bridgehead atoms. The van der Waals surface area contributed by atoms with Gasteiger partial charge in [-0.3, -0.25) is 9.78 Å². The Labute approximate surface area is 260 Å². The third-order valence-corrected chi connectivity index (χ3v) is 8.91. The third-order valence-electron chi connectivity index (χ3n) is 6.99. The van der Waals surface area contributed by atoms with Crippen LogP contribution in [-0.2, 0) is 27.3 Å². The van der Waals surface area contributed by atoms with E-state index in [4.69, 9.17) is 5.73 Å². The minimum absolute atomic E-state index is 0.0622. The number of carboxylic acids is 1. The molecule has 5 rings (SSSR count). The lowest BCUT2D eigenvalue weighted by Crippen LogP contribution is -2.58. The Balaban J connectivity index is 0.000000310. The van der Waals surface area contributed by atoms with Crippen LogP contribution in [0, 0.1) is 0 Å². The van der Waals surface area contributed by atoms with Gasteiger partial charge >= 0.3 is 12.3 Å². The highest BCUT2D eigenvalue weighted by Crippen LogP contribution is 2.31. The first-order valence-electron chi connectivity index (χ1n) is 13.7. The summed E-state index contributed by atoms with van der Waals surface area (Å²) in [6.45, 7) is 1.60. The number of carboxylic acid groups (broad SMARTS) is 1. The van der Waals surface area contributed by atoms with Gasteiger partial charge in [0.1, 0.15) is 23.1 Å². The Morgan fingerprint density at radius 2 is 1.67 bits per heavy atom. The van der Waals surface area contributed by atoms with Crippen LogP contribution in [0.3, 0.4) is 0 Å². The molecule has 2 aromatic heterocycles. The van der Waals surface area contributed by atoms with Crippen molar-refractivity contribution in [3.63, 3.8) is 0 Å². The fourth-order valence-electron chi connectivity index (χ4n) is 4.51. The van der Waals surface area contributed by atoms with E-state index in [1.54, 1.807) is 23.1 Å². The van der Waals surface area contributed by atoms with Crippen molar-refractivity contribution < 1.29 is 45.0 Å². The topological polar surface area (TPSA) is 152 Å². The Hall–Kier alpha value is -4.48. The van der Waals surface area contributed by atoms with Crippen molar-refractivity contribution in [1.29, 1.82) is 0 Å². The number of halogens is 5. The fraction of sp³-hybridized carbons (Fsp3) is 0.310. The molecule has 46 heavy (non-hydrogen) atoms. The normalized spacial score (nSPS) is 16.1. The Kier molecular flexibility index (Phi) is 10.4. The van der Waals surface area contributed by atoms with Gasteiger partial charge in [0.15, 0.2) is 0 Å². The van der Waals surface area contributed by atoms with Crippen LogP contribution in [0.5, 0.6) is 5.75 Å². The van der Waals surface area contributed by atoms with Crippen molar-refractivity contribution in [3.8, 4) is 5.75 Å². The molecule has 17 heteroatoms. The number of hydrogen-bond acceptors (Lipinski definition) is 9. The van der Waals surface area contributed by atoms with Crippen molar-refractivity contribution in [3.05, 3.63) is 84.3 Å². The summed E-state index contributed by atoms with van der Waals surface area (Å²) in [5.74, 6) is -4.30. The van der Waals surface area contributed by atoms with Gasteiger partial charge < -0.3 is 20.5 Å². The van der Waals surface area contributed by atoms with Crippen LogP contribution in [0.15, 0.2) is 78.1 Å². The second-order valence-electron chi connectivity index (χ2n) is 9.99. The van der Waals surface area contributed by atoms with Crippen molar-refractivity contribution >= 4 is 32.8 Å². The number of anilines is 1. The molecule has 1 atom stereocenters. The zero-order valence-corrected chi connectivity index (χ0v) is 25.0. The molecule has 0 amide bonds. The maximum Gasteiger partial charge on any atom is 0.573 e. The number of sulfonamides is 1. The van der Waals surface area contributed by atoms with E-state index >= 15 is 0 Å². The monoisotopic (exact) mass is 668 g/mol. The molecule has 0 spiro atoms. The minimum atomic E-state index is -4.92. The molecule has 4 aromatic rings. The molecular formula is C29H29F5N6O5S. The molecular weight excluding hydrogens is 639 g/mol. The lowest BCUT2D eigenvalue weighted by Gasteiger charge is -2.38. The van der Waals surface area contributed by atoms with E-state index in [1.165, 1.54) is 37.6 Å². The van der Waals surface area contributed by atoms with E-state index in [1.807, 2.05) is 0 Å². The molecule has 1 aliphatic heterocycles. The first-order valence-corrected chi connectivity index (χ1v) is 15.2. The SMILES string of the molecule is CCC(F)(F)c1ccc(CN)cc1.O=C(O)[C@H]1CN(c2cnc3cnccc3n2)CCN1S(=O)(=O)c1ccc(OC(F)(F)F)cc1. The molecule has 0 saturated carbocycles. The lowest BCUT2D eigenvalue weighted by molar-refractivity contribution is -0.274. The van der Waals surface area contributed by atoms with Gasteiger partial charge in [-0.05, 0) is 35.9 Å². The molecule has 11 nitrogen and oxygen atoms in total. The second kappa shape index (κ2) is 13.9. The smallest absolute Gasteiger partial charge is 0.480 e. The zero-order valence-electron chi connectivity index (χ0n) is 24.2. The van der Waals surface area contributed by atoms with Crippen LogP contribution >= 0.6 is 0 Å². The van der Waals surface area contributed by atoms with Crippen LogP contribution < -0.4 is 15.4 Å². The summed E-state index contributed by atoms with van der Waals surface area (Å²) in [5, 5.41) is 9.70. The highest BCUT2D eigenvalue weighted by Gasteiger charge is 2.41. The van der Waals surface area contributed by atoms with Crippen LogP contribution in [0.1, 0.15) is 24.5 Å². The molecule has 0 unspecified atom stereocenters. The summed E-state index contributed by atoms with van der Waals surface area (Å²) in [6.07, 6.45) is -0.577. The average molecular weight is 669 g/mol. The maximum atomic E-state index is 13.1. The van der Waals surface area contributed by atoms with E-state index in [9.17, 15) is 40.3 Å². The van der Waals surface area contributed by atoms with Crippen LogP contribution in [-0.4, -0.2) is 70.8 Å². The number of benzene rings is 2. The Morgan fingerprint density at radius 3 is 2.26 bits per heavy atom. The number of ether oxygens (including phenoxy) is 1. The molecule has 3 heterocycles. The highest BCUT2D eigenvalue weighted by atomic mass is 32.2. The first kappa shape index (κ1) is 34.4. The molecule has 0 aliphatic carbocycles. The summed E-state index contributed by atoms with van der Waals surface area (Å²) < 4.78 is 93.9. The van der Waals surface area contributed by atoms with E-state index < -0.39 is 40.1 Å². The number of piperazine rings is 1. The third kappa shape index (κ3) is 8.21. The standard InChI is InChI=1S/C19H16F3N5O5S.C10H13F2N/c20-19(21,22)32-12-1-3-13(4-2-12)33(30,31)27-8-7-26(11-16(27)18(28)29)17-10-24-15-9-23-6-5-14(15)25-17;1-2-10(11,12)9-5-3-8(7-13)4-6-9/h1-6,9-10,16H,7-8,11H2,(H,28,29);3-6H,2,7,13H2,1H3/t16-;/m1./s1. The number of nitrogens with zero attached hydrogens (tertiary/aromatic N) is 5. The van der Waals surface area contributed by atoms with Crippen molar-refractivity contribution in [2.24, 2.45) is 5.73 Å². The molecule has 246 valence electrons. The van der Waals surface area contributed by atoms with Gasteiger partial charge in [-0.25, -0.2) is 27.2 Å². The van der Waals surface area contributed by atoms with Crippen LogP contribution in [0.2, 0.25) is 0 Å². The fourth-order valence-corrected chi connectivity index (χ4v) is 6.07. The predicted molar refractivity (Wildman–Crippen MR) is 157 cm³/mol. The van der Waals surface area contributed by atoms with E-state index in [0.717, 1.165) is 34.1 Å². The van der Waals surface area contributed by atoms with Crippen molar-refractivity contribution in [2.75, 3.05) is 24.5 Å². The zero-order chi connectivity index (χ0) is 33.7. The van der Waals surface area contributed by atoms with Gasteiger partial charge in [-0.1, -0.05) is 31.2 Å². The van der Waals surface area contributed by atoms with Crippen molar-refractivity contribution in [1.82, 2.24) is 19.3 Å². The molecule has 3 N–H and O–H groups in total. The number of aliphatic carboxylic acids is 1. The van der Waals surface area contributed by atoms with E-state index in [0.29, 0.717) is 23.4 Å². The number of aromatic nitrogens is 3. The second-order valence-corrected chi connectivity index (χ2v) is 11.9. The summed E-state index contributed by atoms with van der Waals surface area (Å²) in [5.41, 5.74) is 7.39. The number of pyridine rings is 1. The largest absolute Gasteiger partial charge is 0.573 e. The first-order chi connectivity index (χ1) is 21.6. The summed E-state index contributed by atoms with van der Waals surface area (Å²) in [7, 11) is -4.31. The quantitative estimate of drug-likeness (QED) is 0.256. The average Bonchev–Trinajstić information content (AvgIpc) is 3.04. The summed E-state index contributed by atoms with van der Waals surface area (Å²) in [4.78, 5) is 25.8. The molecule has 1 saturated heterocycles. The van der Waals surface area contributed by atoms with Crippen molar-refractivity contribution in [2.45, 2.75) is 43.1 Å². The number of alkyl halides is 5. The van der Waals surface area contributed by atoms with E-state index in [2.05, 4.69) is 19.7 Å². The maximum absolute atomic E-state index is 13.1. The van der Waals surface area contributed by atoms with Crippen LogP contribution in [0.25, 0.3) is 11.0 Å². The number of fused-ring (bicyclic) bond motifs is 1. The molecule has 1 aliphatic rings. The number of rotatable bonds is 8. The Bertz CT molecular complexity index is 1760. The predicted octanol–water partition coefficient (Wildman–Crippen LogP) is 4.53. The number of hydrogen-bond donors (Lipinski definition) is 2. The highest BCUT2D eigenvalue weighted by molar-refractivity contribution is 7.89. The van der Waals surface area contributed by atoms with Gasteiger partial charge in [-0.2, -0.15) is 4.31 Å². The van der Waals surface area contributed by atoms with Gasteiger partial charge in [0, 0.05) is 44.4 Å². The van der Waals surface area contributed by atoms with Gasteiger partial charge in [0.2, 0.25) is 10.0 Å². The molecule has 2 aromatic carbocycles.